The topological polar surface area (TPSA) is 46.6 Å². The zero-order valence-electron chi connectivity index (χ0n) is 10.0. The third-order valence-electron chi connectivity index (χ3n) is 2.88. The zero-order valence-corrected chi connectivity index (χ0v) is 10.0. The minimum Gasteiger partial charge on any atom is -0.449 e. The van der Waals surface area contributed by atoms with Gasteiger partial charge in [-0.1, -0.05) is 12.1 Å². The van der Waals surface area contributed by atoms with Crippen molar-refractivity contribution in [3.63, 3.8) is 0 Å². The van der Waals surface area contributed by atoms with Gasteiger partial charge in [0.25, 0.3) is 0 Å². The molecule has 17 heavy (non-hydrogen) atoms. The lowest BCUT2D eigenvalue weighted by molar-refractivity contribution is 0.101. The predicted octanol–water partition coefficient (Wildman–Crippen LogP) is 2.41. The van der Waals surface area contributed by atoms with E-state index in [2.05, 4.69) is 0 Å². The number of hydrogen-bond acceptors (Lipinski definition) is 3. The molecule has 0 fully saturated rings. The molecule has 1 aromatic rings. The lowest BCUT2D eigenvalue weighted by Gasteiger charge is -2.16. The van der Waals surface area contributed by atoms with Crippen molar-refractivity contribution in [2.75, 3.05) is 18.1 Å². The fourth-order valence-corrected chi connectivity index (χ4v) is 1.99. The van der Waals surface area contributed by atoms with Crippen LogP contribution < -0.4 is 4.90 Å². The second-order valence-corrected chi connectivity index (χ2v) is 4.00. The van der Waals surface area contributed by atoms with E-state index in [4.69, 9.17) is 4.74 Å². The molecule has 4 nitrogen and oxygen atoms in total. The van der Waals surface area contributed by atoms with E-state index < -0.39 is 0 Å². The van der Waals surface area contributed by atoms with E-state index in [0.29, 0.717) is 18.7 Å². The van der Waals surface area contributed by atoms with Crippen molar-refractivity contribution in [2.45, 2.75) is 20.3 Å². The Morgan fingerprint density at radius 1 is 1.41 bits per heavy atom. The molecule has 0 N–H and O–H groups in total. The number of carbonyl (C=O) groups excluding carboxylic acids is 2. The summed E-state index contributed by atoms with van der Waals surface area (Å²) in [5.41, 5.74) is 2.51. The maximum Gasteiger partial charge on any atom is 0.414 e. The summed E-state index contributed by atoms with van der Waals surface area (Å²) in [7, 11) is 0. The molecule has 0 bridgehead atoms. The van der Waals surface area contributed by atoms with Gasteiger partial charge in [0.05, 0.1) is 12.3 Å². The minimum atomic E-state index is -0.341. The van der Waals surface area contributed by atoms with Crippen LogP contribution in [0.5, 0.6) is 0 Å². The number of nitrogens with zero attached hydrogens (tertiary/aromatic N) is 1. The van der Waals surface area contributed by atoms with Crippen LogP contribution in [0.3, 0.4) is 0 Å². The summed E-state index contributed by atoms with van der Waals surface area (Å²) < 4.78 is 4.99. The number of carbonyl (C=O) groups is 2. The number of Topliss-reactive ketones (excluding diaryl/α,β-unsaturated/α-hetero) is 1. The molecule has 90 valence electrons. The highest BCUT2D eigenvalue weighted by molar-refractivity contribution is 5.97. The molecule has 1 aliphatic rings. The van der Waals surface area contributed by atoms with E-state index in [-0.39, 0.29) is 11.9 Å². The minimum absolute atomic E-state index is 0.00325. The van der Waals surface area contributed by atoms with Crippen LogP contribution in [0.15, 0.2) is 18.2 Å². The van der Waals surface area contributed by atoms with E-state index in [1.54, 1.807) is 24.0 Å². The Hall–Kier alpha value is -1.84. The molecule has 0 spiro atoms. The van der Waals surface area contributed by atoms with Gasteiger partial charge in [0.15, 0.2) is 5.78 Å². The summed E-state index contributed by atoms with van der Waals surface area (Å²) in [4.78, 5) is 24.6. The lowest BCUT2D eigenvalue weighted by Crippen LogP contribution is -2.29. The number of ketones is 1. The number of hydrogen-bond donors (Lipinski definition) is 0. The van der Waals surface area contributed by atoms with Crippen molar-refractivity contribution in [2.24, 2.45) is 0 Å². The maximum atomic E-state index is 11.7. The van der Waals surface area contributed by atoms with Gasteiger partial charge < -0.3 is 4.74 Å². The first-order valence-corrected chi connectivity index (χ1v) is 5.71. The molecule has 0 saturated carbocycles. The van der Waals surface area contributed by atoms with Gasteiger partial charge in [-0.15, -0.1) is 0 Å². The smallest absolute Gasteiger partial charge is 0.414 e. The van der Waals surface area contributed by atoms with E-state index >= 15 is 0 Å². The monoisotopic (exact) mass is 233 g/mol. The zero-order chi connectivity index (χ0) is 12.4. The molecule has 0 atom stereocenters. The average molecular weight is 233 g/mol. The number of fused-ring (bicyclic) bond motifs is 1. The Balaban J connectivity index is 2.32. The summed E-state index contributed by atoms with van der Waals surface area (Å²) in [5.74, 6) is 0.00325. The molecule has 4 heteroatoms. The summed E-state index contributed by atoms with van der Waals surface area (Å²) in [6, 6.07) is 5.47. The quantitative estimate of drug-likeness (QED) is 0.737. The molecule has 1 aliphatic heterocycles. The molecule has 0 radical (unpaired) electrons. The largest absolute Gasteiger partial charge is 0.449 e. The number of anilines is 1. The van der Waals surface area contributed by atoms with Crippen LogP contribution in [0.25, 0.3) is 0 Å². The predicted molar refractivity (Wildman–Crippen MR) is 64.5 cm³/mol. The molecule has 1 aromatic carbocycles. The van der Waals surface area contributed by atoms with Gasteiger partial charge in [-0.25, -0.2) is 4.79 Å². The highest BCUT2D eigenvalue weighted by Gasteiger charge is 2.26. The van der Waals surface area contributed by atoms with Crippen LogP contribution in [0, 0.1) is 0 Å². The van der Waals surface area contributed by atoms with Crippen molar-refractivity contribution in [1.29, 1.82) is 0 Å². The molecule has 1 heterocycles. The number of amides is 1. The third kappa shape index (κ3) is 2.16. The fourth-order valence-electron chi connectivity index (χ4n) is 1.99. The van der Waals surface area contributed by atoms with Gasteiger partial charge >= 0.3 is 6.09 Å². The Morgan fingerprint density at radius 2 is 2.18 bits per heavy atom. The average Bonchev–Trinajstić information content (AvgIpc) is 2.71. The Labute approximate surface area is 100 Å². The first-order valence-electron chi connectivity index (χ1n) is 5.71. The molecule has 0 saturated heterocycles. The second kappa shape index (κ2) is 4.57. The van der Waals surface area contributed by atoms with Crippen LogP contribution in [-0.2, 0) is 11.2 Å². The number of benzene rings is 1. The second-order valence-electron chi connectivity index (χ2n) is 4.00. The van der Waals surface area contributed by atoms with Crippen molar-refractivity contribution < 1.29 is 14.3 Å². The Kier molecular flexibility index (Phi) is 3.13. The van der Waals surface area contributed by atoms with Crippen molar-refractivity contribution in [3.05, 3.63) is 29.3 Å². The molecule has 2 rings (SSSR count). The first-order chi connectivity index (χ1) is 8.13. The lowest BCUT2D eigenvalue weighted by atomic mass is 10.1. The van der Waals surface area contributed by atoms with E-state index in [1.807, 2.05) is 6.07 Å². The van der Waals surface area contributed by atoms with Gasteiger partial charge in [-0.3, -0.25) is 9.69 Å². The third-order valence-corrected chi connectivity index (χ3v) is 2.88. The molecule has 1 amide bonds. The van der Waals surface area contributed by atoms with E-state index in [9.17, 15) is 9.59 Å². The number of ether oxygens (including phenoxy) is 1. The molecular formula is C13H15NO3. The summed E-state index contributed by atoms with van der Waals surface area (Å²) >= 11 is 0. The van der Waals surface area contributed by atoms with Gasteiger partial charge in [0.1, 0.15) is 0 Å². The SMILES string of the molecule is CCOC(=O)N1CCc2ccc(C(C)=O)cc21. The standard InChI is InChI=1S/C13H15NO3/c1-3-17-13(16)14-7-6-10-4-5-11(9(2)15)8-12(10)14/h4-5,8H,3,6-7H2,1-2H3. The summed E-state index contributed by atoms with van der Waals surface area (Å²) in [5, 5.41) is 0. The van der Waals surface area contributed by atoms with Gasteiger partial charge in [0.2, 0.25) is 0 Å². The highest BCUT2D eigenvalue weighted by Crippen LogP contribution is 2.29. The van der Waals surface area contributed by atoms with Crippen molar-refractivity contribution in [1.82, 2.24) is 0 Å². The Bertz CT molecular complexity index is 468. The van der Waals surface area contributed by atoms with E-state index in [1.165, 1.54) is 6.92 Å². The van der Waals surface area contributed by atoms with Crippen LogP contribution in [0.2, 0.25) is 0 Å². The van der Waals surface area contributed by atoms with Gasteiger partial charge in [-0.2, -0.15) is 0 Å². The van der Waals surface area contributed by atoms with E-state index in [0.717, 1.165) is 17.7 Å². The van der Waals surface area contributed by atoms with Crippen LogP contribution in [0.1, 0.15) is 29.8 Å². The van der Waals surface area contributed by atoms with Gasteiger partial charge in [0, 0.05) is 12.1 Å². The molecule has 0 unspecified atom stereocenters. The first kappa shape index (κ1) is 11.6. The fraction of sp³-hybridized carbons (Fsp3) is 0.385. The van der Waals surface area contributed by atoms with Gasteiger partial charge in [-0.05, 0) is 31.9 Å². The molecule has 0 aliphatic carbocycles. The normalized spacial score (nSPS) is 13.4. The van der Waals surface area contributed by atoms with Crippen molar-refractivity contribution in [3.8, 4) is 0 Å². The van der Waals surface area contributed by atoms with Crippen molar-refractivity contribution >= 4 is 17.6 Å². The molecular weight excluding hydrogens is 218 g/mol. The number of rotatable bonds is 2. The highest BCUT2D eigenvalue weighted by atomic mass is 16.6. The summed E-state index contributed by atoms with van der Waals surface area (Å²) in [6.07, 6.45) is 0.471. The Morgan fingerprint density at radius 3 is 2.82 bits per heavy atom. The van der Waals surface area contributed by atoms with Crippen LogP contribution in [0.4, 0.5) is 10.5 Å². The van der Waals surface area contributed by atoms with Crippen LogP contribution in [-0.4, -0.2) is 25.0 Å². The molecule has 0 aromatic heterocycles. The van der Waals surface area contributed by atoms with Crippen LogP contribution >= 0.6 is 0 Å². The summed E-state index contributed by atoms with van der Waals surface area (Å²) in [6.45, 7) is 4.28. The maximum absolute atomic E-state index is 11.7.